The number of ether oxygens (including phenoxy) is 1. The Morgan fingerprint density at radius 1 is 0.682 bits per heavy atom. The highest BCUT2D eigenvalue weighted by Crippen LogP contribution is 2.35. The Balaban J connectivity index is 2.56. The molecule has 4 rings (SSSR count). The molecule has 0 saturated heterocycles. The van der Waals surface area contributed by atoms with Crippen molar-refractivity contribution in [2.45, 2.75) is 0 Å². The van der Waals surface area contributed by atoms with E-state index in [1.54, 1.807) is 0 Å². The third kappa shape index (κ3) is 1.32. The number of hydrogen-bond acceptors (Lipinski definition) is 5. The number of benzene rings is 4. The minimum atomic E-state index is -0.693. The summed E-state index contributed by atoms with van der Waals surface area (Å²) >= 11 is 0. The van der Waals surface area contributed by atoms with E-state index >= 15 is 0 Å². The van der Waals surface area contributed by atoms with Crippen molar-refractivity contribution in [1.29, 1.82) is 0 Å². The Hall–Kier alpha value is -3.08. The molecule has 0 amide bonds. The second-order valence-electron chi connectivity index (χ2n) is 5.14. The van der Waals surface area contributed by atoms with Crippen LogP contribution in [0.4, 0.5) is 0 Å². The first-order valence-electron chi connectivity index (χ1n) is 6.58. The molecule has 0 heterocycles. The van der Waals surface area contributed by atoms with Crippen molar-refractivity contribution in [2.75, 3.05) is 7.11 Å². The molecule has 0 saturated carbocycles. The van der Waals surface area contributed by atoms with Crippen molar-refractivity contribution in [1.82, 2.24) is 0 Å². The van der Waals surface area contributed by atoms with Crippen LogP contribution in [-0.2, 0) is 0 Å². The van der Waals surface area contributed by atoms with Gasteiger partial charge in [0, 0.05) is 32.7 Å². The van der Waals surface area contributed by atoms with Gasteiger partial charge in [0.05, 0.1) is 7.11 Å². The van der Waals surface area contributed by atoms with E-state index in [1.165, 1.54) is 37.4 Å². The highest BCUT2D eigenvalue weighted by molar-refractivity contribution is 6.11. The first kappa shape index (κ1) is 12.6. The summed E-state index contributed by atoms with van der Waals surface area (Å²) in [4.78, 5) is 49.2. The van der Waals surface area contributed by atoms with Crippen LogP contribution >= 0.6 is 0 Å². The Bertz CT molecular complexity index is 1140. The quantitative estimate of drug-likeness (QED) is 0.384. The molecule has 2 aromatic carbocycles. The number of methoxy groups -OCH3 is 1. The van der Waals surface area contributed by atoms with Gasteiger partial charge in [-0.1, -0.05) is 18.2 Å². The van der Waals surface area contributed by atoms with Crippen LogP contribution in [0, 0.1) is 0 Å². The second-order valence-corrected chi connectivity index (χ2v) is 5.14. The normalized spacial score (nSPS) is 11.7. The van der Waals surface area contributed by atoms with Crippen LogP contribution in [0.3, 0.4) is 0 Å². The average molecular weight is 292 g/mol. The topological polar surface area (TPSA) is 77.5 Å². The van der Waals surface area contributed by atoms with Crippen LogP contribution in [0.25, 0.3) is 32.7 Å². The third-order valence-corrected chi connectivity index (χ3v) is 4.05. The molecule has 0 spiro atoms. The fourth-order valence-electron chi connectivity index (χ4n) is 3.05. The fraction of sp³-hybridized carbons (Fsp3) is 0.0588. The predicted octanol–water partition coefficient (Wildman–Crippen LogP) is 0.861. The molecule has 0 atom stereocenters. The first-order chi connectivity index (χ1) is 10.5. The Labute approximate surface area is 122 Å². The molecule has 0 bridgehead atoms. The van der Waals surface area contributed by atoms with Gasteiger partial charge >= 0.3 is 0 Å². The summed E-state index contributed by atoms with van der Waals surface area (Å²) in [5.41, 5.74) is -2.00. The molecular weight excluding hydrogens is 284 g/mol. The number of hydrogen-bond donors (Lipinski definition) is 0. The molecule has 0 aromatic heterocycles. The minimum Gasteiger partial charge on any atom is -0.497 e. The monoisotopic (exact) mass is 292 g/mol. The van der Waals surface area contributed by atoms with Crippen molar-refractivity contribution in [3.8, 4) is 16.9 Å². The van der Waals surface area contributed by atoms with E-state index in [2.05, 4.69) is 0 Å². The maximum Gasteiger partial charge on any atom is 0.234 e. The predicted molar refractivity (Wildman–Crippen MR) is 83.3 cm³/mol. The first-order valence-corrected chi connectivity index (χ1v) is 6.58. The zero-order valence-corrected chi connectivity index (χ0v) is 11.4. The molecule has 0 fully saturated rings. The van der Waals surface area contributed by atoms with Crippen LogP contribution in [0.1, 0.15) is 0 Å². The van der Waals surface area contributed by atoms with E-state index < -0.39 is 21.7 Å². The SMILES string of the molecule is COc1cc2c3c(c1)c(=O)c(=O)c1cccc(c1-3)c(=O)c2=O. The van der Waals surface area contributed by atoms with Gasteiger partial charge in [-0.15, -0.1) is 0 Å². The van der Waals surface area contributed by atoms with Crippen molar-refractivity contribution in [2.24, 2.45) is 0 Å². The molecular formula is C17H8O5. The maximum absolute atomic E-state index is 12.3. The Morgan fingerprint density at radius 2 is 1.09 bits per heavy atom. The molecule has 0 aliphatic heterocycles. The third-order valence-electron chi connectivity index (χ3n) is 4.05. The average Bonchev–Trinajstić information content (AvgIpc) is 2.55. The van der Waals surface area contributed by atoms with Crippen LogP contribution in [0.2, 0.25) is 0 Å². The summed E-state index contributed by atoms with van der Waals surface area (Å²) in [5, 5.41) is 0.560. The standard InChI is InChI=1S/C17H8O5/c1-22-7-5-10-13-11(6-7)17(21)15(19)9-4-2-3-8(12(9)13)14(18)16(10)20/h2-6H,1H3. The largest absolute Gasteiger partial charge is 0.497 e. The van der Waals surface area contributed by atoms with E-state index in [1.807, 2.05) is 0 Å². The van der Waals surface area contributed by atoms with Crippen LogP contribution in [0.15, 0.2) is 49.5 Å². The van der Waals surface area contributed by atoms with Gasteiger partial charge in [0.25, 0.3) is 0 Å². The Kier molecular flexibility index (Phi) is 2.29. The van der Waals surface area contributed by atoms with Gasteiger partial charge in [0.1, 0.15) is 5.75 Å². The number of rotatable bonds is 1. The van der Waals surface area contributed by atoms with Gasteiger partial charge in [-0.2, -0.15) is 0 Å². The van der Waals surface area contributed by atoms with Crippen molar-refractivity contribution >= 4 is 21.5 Å². The van der Waals surface area contributed by atoms with Gasteiger partial charge in [-0.05, 0) is 12.1 Å². The lowest BCUT2D eigenvalue weighted by Crippen LogP contribution is -2.31. The molecule has 106 valence electrons. The molecule has 0 radical (unpaired) electrons. The van der Waals surface area contributed by atoms with Crippen molar-refractivity contribution in [3.05, 3.63) is 71.2 Å². The lowest BCUT2D eigenvalue weighted by molar-refractivity contribution is 0.416. The minimum absolute atomic E-state index is 0.111. The molecule has 5 heteroatoms. The van der Waals surface area contributed by atoms with Crippen molar-refractivity contribution < 1.29 is 4.74 Å². The summed E-state index contributed by atoms with van der Waals surface area (Å²) in [6.07, 6.45) is 0. The summed E-state index contributed by atoms with van der Waals surface area (Å²) in [5.74, 6) is 0.263. The summed E-state index contributed by atoms with van der Waals surface area (Å²) < 4.78 is 5.07. The summed E-state index contributed by atoms with van der Waals surface area (Å²) in [6, 6.07) is 7.37. The van der Waals surface area contributed by atoms with Gasteiger partial charge in [0.15, 0.2) is 0 Å². The second kappa shape index (κ2) is 3.98. The van der Waals surface area contributed by atoms with E-state index in [-0.39, 0.29) is 27.3 Å². The van der Waals surface area contributed by atoms with E-state index in [9.17, 15) is 19.2 Å². The molecule has 2 aliphatic carbocycles. The van der Waals surface area contributed by atoms with E-state index in [0.29, 0.717) is 11.1 Å². The van der Waals surface area contributed by atoms with Crippen molar-refractivity contribution in [3.63, 3.8) is 0 Å². The summed E-state index contributed by atoms with van der Waals surface area (Å²) in [7, 11) is 1.39. The molecule has 2 aliphatic rings. The van der Waals surface area contributed by atoms with Gasteiger partial charge in [-0.3, -0.25) is 19.2 Å². The summed E-state index contributed by atoms with van der Waals surface area (Å²) in [6.45, 7) is 0. The molecule has 5 nitrogen and oxygen atoms in total. The van der Waals surface area contributed by atoms with Crippen LogP contribution in [0.5, 0.6) is 5.75 Å². The highest BCUT2D eigenvalue weighted by Gasteiger charge is 2.24. The zero-order valence-electron chi connectivity index (χ0n) is 11.4. The van der Waals surface area contributed by atoms with Crippen LogP contribution in [-0.4, -0.2) is 7.11 Å². The Morgan fingerprint density at radius 3 is 1.55 bits per heavy atom. The lowest BCUT2D eigenvalue weighted by atomic mass is 9.87. The lowest BCUT2D eigenvalue weighted by Gasteiger charge is -2.14. The molecule has 22 heavy (non-hydrogen) atoms. The molecule has 0 N–H and O–H groups in total. The highest BCUT2D eigenvalue weighted by atomic mass is 16.5. The van der Waals surface area contributed by atoms with Gasteiger partial charge < -0.3 is 4.74 Å². The maximum atomic E-state index is 12.3. The van der Waals surface area contributed by atoms with E-state index in [4.69, 9.17) is 4.74 Å². The van der Waals surface area contributed by atoms with E-state index in [0.717, 1.165) is 0 Å². The van der Waals surface area contributed by atoms with Crippen LogP contribution < -0.4 is 26.5 Å². The van der Waals surface area contributed by atoms with Gasteiger partial charge in [0.2, 0.25) is 21.7 Å². The van der Waals surface area contributed by atoms with Gasteiger partial charge in [-0.25, -0.2) is 0 Å². The fourth-order valence-corrected chi connectivity index (χ4v) is 3.05. The smallest absolute Gasteiger partial charge is 0.234 e. The molecule has 0 unspecified atom stereocenters. The molecule has 2 aromatic rings. The zero-order chi connectivity index (χ0) is 15.6.